The van der Waals surface area contributed by atoms with Gasteiger partial charge in [0.1, 0.15) is 6.54 Å². The summed E-state index contributed by atoms with van der Waals surface area (Å²) in [4.78, 5) is 18.8. The Hall–Kier alpha value is -1.07. The van der Waals surface area contributed by atoms with Gasteiger partial charge in [-0.25, -0.2) is 4.99 Å². The van der Waals surface area contributed by atoms with Gasteiger partial charge in [0.2, 0.25) is 5.91 Å². The van der Waals surface area contributed by atoms with Crippen LogP contribution in [0.4, 0.5) is 0 Å². The molecular weight excluding hydrogens is 546 g/mol. The predicted octanol–water partition coefficient (Wildman–Crippen LogP) is 4.01. The summed E-state index contributed by atoms with van der Waals surface area (Å²) < 4.78 is 5.66. The third-order valence-electron chi connectivity index (χ3n) is 3.69. The van der Waals surface area contributed by atoms with Crippen molar-refractivity contribution < 1.29 is 9.53 Å². The number of carbonyl (C=O) groups excluding carboxylic acids is 1. The van der Waals surface area contributed by atoms with Gasteiger partial charge in [0, 0.05) is 35.6 Å². The van der Waals surface area contributed by atoms with Crippen LogP contribution in [0, 0.1) is 0 Å². The molecule has 0 radical (unpaired) electrons. The van der Waals surface area contributed by atoms with Crippen LogP contribution >= 0.6 is 58.5 Å². The molecule has 6 nitrogen and oxygen atoms in total. The number of aliphatic imine (C=N–C) groups is 1. The average molecular weight is 571 g/mol. The number of hydrogen-bond donors (Lipinski definition) is 2. The topological polar surface area (TPSA) is 66.0 Å². The smallest absolute Gasteiger partial charge is 0.243 e. The van der Waals surface area contributed by atoms with Crippen molar-refractivity contribution in [2.75, 3.05) is 33.8 Å². The Morgan fingerprint density at radius 1 is 1.24 bits per heavy atom. The molecule has 1 heterocycles. The minimum atomic E-state index is -0.0640. The summed E-state index contributed by atoms with van der Waals surface area (Å²) in [6, 6.07) is 9.36. The molecule has 1 aromatic heterocycles. The fourth-order valence-corrected chi connectivity index (χ4v) is 3.22. The van der Waals surface area contributed by atoms with E-state index in [4.69, 9.17) is 27.9 Å². The van der Waals surface area contributed by atoms with Crippen molar-refractivity contribution >= 4 is 70.4 Å². The highest BCUT2D eigenvalue weighted by atomic mass is 127. The van der Waals surface area contributed by atoms with Crippen molar-refractivity contribution in [2.45, 2.75) is 13.2 Å². The fourth-order valence-electron chi connectivity index (χ4n) is 2.11. The number of guanidine groups is 1. The number of ether oxygens (including phenoxy) is 1. The van der Waals surface area contributed by atoms with E-state index in [1.807, 2.05) is 23.6 Å². The first-order valence-corrected chi connectivity index (χ1v) is 10.4. The fraction of sp³-hybridized carbons (Fsp3) is 0.368. The van der Waals surface area contributed by atoms with Crippen LogP contribution in [-0.4, -0.2) is 50.6 Å². The highest BCUT2D eigenvalue weighted by molar-refractivity contribution is 14.0. The van der Waals surface area contributed by atoms with Crippen LogP contribution in [0.5, 0.6) is 0 Å². The van der Waals surface area contributed by atoms with Crippen LogP contribution in [0.2, 0.25) is 10.0 Å². The molecule has 10 heteroatoms. The van der Waals surface area contributed by atoms with Gasteiger partial charge in [0.15, 0.2) is 5.96 Å². The monoisotopic (exact) mass is 570 g/mol. The van der Waals surface area contributed by atoms with Gasteiger partial charge in [-0.2, -0.15) is 0 Å². The van der Waals surface area contributed by atoms with Crippen LogP contribution in [0.15, 0.2) is 40.7 Å². The molecule has 0 saturated carbocycles. The van der Waals surface area contributed by atoms with Gasteiger partial charge < -0.3 is 20.3 Å². The maximum Gasteiger partial charge on any atom is 0.243 e. The maximum absolute atomic E-state index is 11.8. The highest BCUT2D eigenvalue weighted by Gasteiger charge is 2.06. The third kappa shape index (κ3) is 9.99. The van der Waals surface area contributed by atoms with Crippen molar-refractivity contribution in [3.05, 3.63) is 56.2 Å². The molecule has 0 bridgehead atoms. The molecule has 0 unspecified atom stereocenters. The number of hydrogen-bond acceptors (Lipinski definition) is 4. The third-order valence-corrected chi connectivity index (χ3v) is 5.16. The zero-order valence-corrected chi connectivity index (χ0v) is 20.9. The molecule has 0 aliphatic rings. The normalized spacial score (nSPS) is 11.0. The Morgan fingerprint density at radius 3 is 2.69 bits per heavy atom. The Kier molecular flexibility index (Phi) is 12.6. The number of rotatable bonds is 9. The van der Waals surface area contributed by atoms with Gasteiger partial charge in [-0.3, -0.25) is 4.79 Å². The summed E-state index contributed by atoms with van der Waals surface area (Å²) in [6.45, 7) is 2.11. The summed E-state index contributed by atoms with van der Waals surface area (Å²) in [5.74, 6) is 0.502. The van der Waals surface area contributed by atoms with Gasteiger partial charge in [0.25, 0.3) is 0 Å². The van der Waals surface area contributed by atoms with E-state index in [9.17, 15) is 4.79 Å². The predicted molar refractivity (Wildman–Crippen MR) is 132 cm³/mol. The van der Waals surface area contributed by atoms with E-state index >= 15 is 0 Å². The van der Waals surface area contributed by atoms with E-state index in [2.05, 4.69) is 15.6 Å². The van der Waals surface area contributed by atoms with E-state index in [1.54, 1.807) is 37.6 Å². The molecule has 0 aliphatic carbocycles. The molecule has 1 amide bonds. The second-order valence-corrected chi connectivity index (χ2v) is 7.98. The molecule has 0 spiro atoms. The van der Waals surface area contributed by atoms with E-state index in [1.165, 1.54) is 9.78 Å². The Balaban J connectivity index is 0.00000420. The first-order valence-electron chi connectivity index (χ1n) is 8.72. The SMILES string of the molecule is CN(C)C(=O)CN=C(NCCOCc1ccc(Cl)cc1Cl)NCc1cccs1.I. The first-order chi connectivity index (χ1) is 13.5. The van der Waals surface area contributed by atoms with Gasteiger partial charge in [-0.15, -0.1) is 35.3 Å². The van der Waals surface area contributed by atoms with E-state index in [-0.39, 0.29) is 36.4 Å². The van der Waals surface area contributed by atoms with Crippen molar-refractivity contribution in [3.63, 3.8) is 0 Å². The number of carbonyl (C=O) groups is 1. The molecule has 1 aromatic carbocycles. The number of nitrogens with one attached hydrogen (secondary N) is 2. The summed E-state index contributed by atoms with van der Waals surface area (Å²) in [5.41, 5.74) is 0.882. The lowest BCUT2D eigenvalue weighted by molar-refractivity contribution is -0.127. The standard InChI is InChI=1S/C19H24Cl2N4O2S.HI/c1-25(2)18(26)12-24-19(23-11-16-4-3-9-28-16)22-7-8-27-13-14-5-6-15(20)10-17(14)21;/h3-6,9-10H,7-8,11-13H2,1-2H3,(H2,22,23,24);1H. The largest absolute Gasteiger partial charge is 0.375 e. The molecule has 0 saturated heterocycles. The van der Waals surface area contributed by atoms with Crippen LogP contribution in [0.1, 0.15) is 10.4 Å². The number of likely N-dealkylation sites (N-methyl/N-ethyl adjacent to an activating group) is 1. The van der Waals surface area contributed by atoms with Crippen molar-refractivity contribution in [2.24, 2.45) is 4.99 Å². The van der Waals surface area contributed by atoms with Crippen molar-refractivity contribution in [3.8, 4) is 0 Å². The lowest BCUT2D eigenvalue weighted by atomic mass is 10.2. The Morgan fingerprint density at radius 2 is 2.03 bits per heavy atom. The molecular formula is C19H25Cl2IN4O2S. The lowest BCUT2D eigenvalue weighted by Gasteiger charge is -2.14. The van der Waals surface area contributed by atoms with Gasteiger partial charge >= 0.3 is 0 Å². The van der Waals surface area contributed by atoms with Crippen LogP contribution < -0.4 is 10.6 Å². The molecule has 0 atom stereocenters. The molecule has 160 valence electrons. The second kappa shape index (κ2) is 14.0. The Labute approximate surface area is 202 Å². The summed E-state index contributed by atoms with van der Waals surface area (Å²) in [7, 11) is 3.42. The molecule has 29 heavy (non-hydrogen) atoms. The summed E-state index contributed by atoms with van der Waals surface area (Å²) in [6.07, 6.45) is 0. The minimum Gasteiger partial charge on any atom is -0.375 e. The van der Waals surface area contributed by atoms with Gasteiger partial charge in [0.05, 0.1) is 19.8 Å². The molecule has 0 fully saturated rings. The number of thiophene rings is 1. The second-order valence-electron chi connectivity index (χ2n) is 6.10. The van der Waals surface area contributed by atoms with E-state index < -0.39 is 0 Å². The molecule has 2 rings (SSSR count). The lowest BCUT2D eigenvalue weighted by Crippen LogP contribution is -2.39. The van der Waals surface area contributed by atoms with Crippen molar-refractivity contribution in [1.29, 1.82) is 0 Å². The minimum absolute atomic E-state index is 0. The van der Waals surface area contributed by atoms with Crippen LogP contribution in [0.3, 0.4) is 0 Å². The summed E-state index contributed by atoms with van der Waals surface area (Å²) >= 11 is 13.7. The molecule has 2 N–H and O–H groups in total. The molecule has 0 aliphatic heterocycles. The quantitative estimate of drug-likeness (QED) is 0.207. The number of benzene rings is 1. The van der Waals surface area contributed by atoms with Crippen molar-refractivity contribution in [1.82, 2.24) is 15.5 Å². The van der Waals surface area contributed by atoms with E-state index in [0.717, 1.165) is 5.56 Å². The number of nitrogens with zero attached hydrogens (tertiary/aromatic N) is 2. The van der Waals surface area contributed by atoms with Gasteiger partial charge in [-0.1, -0.05) is 35.3 Å². The maximum atomic E-state index is 11.8. The van der Waals surface area contributed by atoms with Crippen LogP contribution in [0.25, 0.3) is 0 Å². The number of amides is 1. The average Bonchev–Trinajstić information content (AvgIpc) is 3.17. The zero-order valence-electron chi connectivity index (χ0n) is 16.3. The van der Waals surface area contributed by atoms with Gasteiger partial charge in [-0.05, 0) is 29.1 Å². The van der Waals surface area contributed by atoms with E-state index in [0.29, 0.717) is 42.3 Å². The Bertz CT molecular complexity index is 789. The molecule has 2 aromatic rings. The number of halogens is 3. The zero-order chi connectivity index (χ0) is 20.4. The first kappa shape index (κ1) is 26.0. The highest BCUT2D eigenvalue weighted by Crippen LogP contribution is 2.21. The van der Waals surface area contributed by atoms with Crippen LogP contribution in [-0.2, 0) is 22.7 Å². The summed E-state index contributed by atoms with van der Waals surface area (Å²) in [5, 5.41) is 9.61.